The number of rotatable bonds is 7. The first-order valence-corrected chi connectivity index (χ1v) is 9.24. The Kier molecular flexibility index (Phi) is 6.05. The van der Waals surface area contributed by atoms with Gasteiger partial charge in [-0.25, -0.2) is 17.8 Å². The van der Waals surface area contributed by atoms with Gasteiger partial charge in [0, 0.05) is 19.2 Å². The van der Waals surface area contributed by atoms with Gasteiger partial charge in [-0.3, -0.25) is 9.59 Å². The molecule has 2 rings (SSSR count). The SMILES string of the molecule is CCCn1nc(C(=O)NCc2ccc(S(=O)(=O)NC)cc2)ccc1=O. The summed E-state index contributed by atoms with van der Waals surface area (Å²) in [6, 6.07) is 8.87. The third-order valence-corrected chi connectivity index (χ3v) is 4.92. The van der Waals surface area contributed by atoms with Crippen molar-refractivity contribution in [2.75, 3.05) is 7.05 Å². The first-order valence-electron chi connectivity index (χ1n) is 7.76. The number of amides is 1. The zero-order valence-corrected chi connectivity index (χ0v) is 14.8. The summed E-state index contributed by atoms with van der Waals surface area (Å²) in [4.78, 5) is 23.9. The first kappa shape index (κ1) is 18.8. The molecule has 0 saturated carbocycles. The molecule has 0 radical (unpaired) electrons. The topological polar surface area (TPSA) is 110 Å². The predicted molar refractivity (Wildman–Crippen MR) is 92.6 cm³/mol. The van der Waals surface area contributed by atoms with Crippen molar-refractivity contribution in [1.82, 2.24) is 19.8 Å². The number of carbonyl (C=O) groups is 1. The maximum atomic E-state index is 12.2. The Balaban J connectivity index is 2.05. The Labute approximate surface area is 145 Å². The molecule has 8 nitrogen and oxygen atoms in total. The molecule has 0 atom stereocenters. The molecule has 0 bridgehead atoms. The molecule has 0 fully saturated rings. The zero-order valence-electron chi connectivity index (χ0n) is 14.0. The Bertz CT molecular complexity index is 904. The highest BCUT2D eigenvalue weighted by atomic mass is 32.2. The Hall–Kier alpha value is -2.52. The van der Waals surface area contributed by atoms with Crippen LogP contribution in [0.25, 0.3) is 0 Å². The molecule has 25 heavy (non-hydrogen) atoms. The lowest BCUT2D eigenvalue weighted by Gasteiger charge is -2.08. The van der Waals surface area contributed by atoms with E-state index < -0.39 is 15.9 Å². The summed E-state index contributed by atoms with van der Waals surface area (Å²) >= 11 is 0. The fourth-order valence-electron chi connectivity index (χ4n) is 2.12. The van der Waals surface area contributed by atoms with Gasteiger partial charge in [0.1, 0.15) is 5.69 Å². The van der Waals surface area contributed by atoms with Crippen molar-refractivity contribution < 1.29 is 13.2 Å². The van der Waals surface area contributed by atoms with Crippen LogP contribution in [0.15, 0.2) is 46.1 Å². The van der Waals surface area contributed by atoms with Crippen molar-refractivity contribution >= 4 is 15.9 Å². The quantitative estimate of drug-likeness (QED) is 0.743. The molecule has 0 aliphatic carbocycles. The van der Waals surface area contributed by atoms with Gasteiger partial charge in [-0.05, 0) is 37.2 Å². The summed E-state index contributed by atoms with van der Waals surface area (Å²) in [5, 5.41) is 6.73. The van der Waals surface area contributed by atoms with Gasteiger partial charge in [-0.15, -0.1) is 0 Å². The van der Waals surface area contributed by atoms with E-state index in [4.69, 9.17) is 0 Å². The lowest BCUT2D eigenvalue weighted by atomic mass is 10.2. The summed E-state index contributed by atoms with van der Waals surface area (Å²) < 4.78 is 26.8. The number of sulfonamides is 1. The highest BCUT2D eigenvalue weighted by Gasteiger charge is 2.12. The molecular weight excluding hydrogens is 344 g/mol. The third kappa shape index (κ3) is 4.74. The highest BCUT2D eigenvalue weighted by Crippen LogP contribution is 2.10. The van der Waals surface area contributed by atoms with E-state index in [-0.39, 0.29) is 22.7 Å². The minimum absolute atomic E-state index is 0.151. The van der Waals surface area contributed by atoms with E-state index in [1.165, 1.54) is 36.0 Å². The van der Waals surface area contributed by atoms with E-state index in [0.29, 0.717) is 6.54 Å². The van der Waals surface area contributed by atoms with Crippen molar-refractivity contribution in [2.45, 2.75) is 31.3 Å². The molecule has 2 aromatic rings. The molecule has 2 N–H and O–H groups in total. The van der Waals surface area contributed by atoms with E-state index in [9.17, 15) is 18.0 Å². The largest absolute Gasteiger partial charge is 0.347 e. The Morgan fingerprint density at radius 3 is 2.44 bits per heavy atom. The third-order valence-electron chi connectivity index (χ3n) is 3.49. The number of nitrogens with one attached hydrogen (secondary N) is 2. The molecule has 134 valence electrons. The average Bonchev–Trinajstić information content (AvgIpc) is 2.62. The number of benzene rings is 1. The van der Waals surface area contributed by atoms with Crippen LogP contribution in [-0.2, 0) is 23.1 Å². The predicted octanol–water partition coefficient (Wildman–Crippen LogP) is 0.491. The summed E-state index contributed by atoms with van der Waals surface area (Å²) in [7, 11) is -2.14. The molecule has 0 aliphatic heterocycles. The molecule has 0 saturated heterocycles. The van der Waals surface area contributed by atoms with Crippen LogP contribution in [-0.4, -0.2) is 31.2 Å². The van der Waals surface area contributed by atoms with Crippen LogP contribution in [0.2, 0.25) is 0 Å². The van der Waals surface area contributed by atoms with Crippen molar-refractivity contribution in [2.24, 2.45) is 0 Å². The van der Waals surface area contributed by atoms with Crippen LogP contribution in [0, 0.1) is 0 Å². The van der Waals surface area contributed by atoms with Gasteiger partial charge in [0.05, 0.1) is 4.90 Å². The van der Waals surface area contributed by atoms with Crippen molar-refractivity contribution in [3.05, 3.63) is 58.0 Å². The highest BCUT2D eigenvalue weighted by molar-refractivity contribution is 7.89. The number of hydrogen-bond acceptors (Lipinski definition) is 5. The van der Waals surface area contributed by atoms with Crippen molar-refractivity contribution in [3.63, 3.8) is 0 Å². The fraction of sp³-hybridized carbons (Fsp3) is 0.312. The van der Waals surface area contributed by atoms with Crippen LogP contribution in [0.1, 0.15) is 29.4 Å². The molecular formula is C16H20N4O4S. The number of hydrogen-bond donors (Lipinski definition) is 2. The maximum Gasteiger partial charge on any atom is 0.271 e. The lowest BCUT2D eigenvalue weighted by Crippen LogP contribution is -2.29. The van der Waals surface area contributed by atoms with Gasteiger partial charge >= 0.3 is 0 Å². The summed E-state index contributed by atoms with van der Waals surface area (Å²) in [6.45, 7) is 2.58. The molecule has 0 unspecified atom stereocenters. The standard InChI is InChI=1S/C16H20N4O4S/c1-3-10-20-15(21)9-8-14(19-20)16(22)18-11-12-4-6-13(7-5-12)25(23,24)17-2/h4-9,17H,3,10-11H2,1-2H3,(H,18,22). The Morgan fingerprint density at radius 1 is 1.16 bits per heavy atom. The van der Waals surface area contributed by atoms with E-state index in [1.807, 2.05) is 6.92 Å². The smallest absolute Gasteiger partial charge is 0.271 e. The summed E-state index contributed by atoms with van der Waals surface area (Å²) in [6.07, 6.45) is 0.736. The molecule has 0 aliphatic rings. The minimum Gasteiger partial charge on any atom is -0.347 e. The number of carbonyl (C=O) groups excluding carboxylic acids is 1. The molecule has 0 spiro atoms. The van der Waals surface area contributed by atoms with Gasteiger partial charge in [0.25, 0.3) is 11.5 Å². The van der Waals surface area contributed by atoms with Gasteiger partial charge in [-0.1, -0.05) is 19.1 Å². The van der Waals surface area contributed by atoms with E-state index in [1.54, 1.807) is 12.1 Å². The van der Waals surface area contributed by atoms with E-state index in [0.717, 1.165) is 12.0 Å². The molecule has 1 aromatic heterocycles. The van der Waals surface area contributed by atoms with E-state index >= 15 is 0 Å². The number of aryl methyl sites for hydroxylation is 1. The lowest BCUT2D eigenvalue weighted by molar-refractivity contribution is 0.0943. The van der Waals surface area contributed by atoms with Crippen LogP contribution < -0.4 is 15.6 Å². The van der Waals surface area contributed by atoms with Crippen LogP contribution >= 0.6 is 0 Å². The minimum atomic E-state index is -3.48. The van der Waals surface area contributed by atoms with Crippen LogP contribution in [0.5, 0.6) is 0 Å². The molecule has 1 amide bonds. The van der Waals surface area contributed by atoms with Gasteiger partial charge in [-0.2, -0.15) is 5.10 Å². The van der Waals surface area contributed by atoms with Crippen LogP contribution in [0.4, 0.5) is 0 Å². The fourth-order valence-corrected chi connectivity index (χ4v) is 2.85. The summed E-state index contributed by atoms with van der Waals surface area (Å²) in [5.41, 5.74) is 0.646. The van der Waals surface area contributed by atoms with Crippen molar-refractivity contribution in [3.8, 4) is 0 Å². The average molecular weight is 364 g/mol. The number of nitrogens with zero attached hydrogens (tertiary/aromatic N) is 2. The molecule has 1 aromatic carbocycles. The monoisotopic (exact) mass is 364 g/mol. The summed E-state index contributed by atoms with van der Waals surface area (Å²) in [5.74, 6) is -0.406. The second-order valence-corrected chi connectivity index (χ2v) is 7.20. The second kappa shape index (κ2) is 8.04. The van der Waals surface area contributed by atoms with Gasteiger partial charge in [0.2, 0.25) is 10.0 Å². The normalized spacial score (nSPS) is 11.3. The van der Waals surface area contributed by atoms with E-state index in [2.05, 4.69) is 15.1 Å². The molecule has 9 heteroatoms. The Morgan fingerprint density at radius 2 is 1.84 bits per heavy atom. The zero-order chi connectivity index (χ0) is 18.4. The van der Waals surface area contributed by atoms with Crippen molar-refractivity contribution in [1.29, 1.82) is 0 Å². The first-order chi connectivity index (χ1) is 11.9. The van der Waals surface area contributed by atoms with Gasteiger partial charge in [0.15, 0.2) is 0 Å². The number of aromatic nitrogens is 2. The maximum absolute atomic E-state index is 12.2. The second-order valence-electron chi connectivity index (χ2n) is 5.31. The molecule has 1 heterocycles. The van der Waals surface area contributed by atoms with Crippen LogP contribution in [0.3, 0.4) is 0 Å². The van der Waals surface area contributed by atoms with Gasteiger partial charge < -0.3 is 5.32 Å².